The smallest absolute Gasteiger partial charge is 0.186 e. The number of nitrogens with two attached hydrogens (primary N) is 2. The first kappa shape index (κ1) is 7.34. The van der Waals surface area contributed by atoms with Crippen molar-refractivity contribution in [2.45, 2.75) is 18.9 Å². The molecule has 1 fully saturated rings. The van der Waals surface area contributed by atoms with Crippen molar-refractivity contribution in [3.63, 3.8) is 0 Å². The molecule has 1 aliphatic rings. The SMILES string of the molecule is NC(N)=NC1CCOCC1. The Morgan fingerprint density at radius 1 is 1.30 bits per heavy atom. The third-order valence-electron chi connectivity index (χ3n) is 1.52. The standard InChI is InChI=1S/C6H13N3O/c7-6(8)9-5-1-3-10-4-2-5/h5H,1-4H2,(H4,7,8,9). The van der Waals surface area contributed by atoms with E-state index in [1.807, 2.05) is 0 Å². The minimum absolute atomic E-state index is 0.187. The van der Waals surface area contributed by atoms with E-state index in [9.17, 15) is 0 Å². The number of ether oxygens (including phenoxy) is 1. The molecule has 0 aliphatic carbocycles. The monoisotopic (exact) mass is 143 g/mol. The van der Waals surface area contributed by atoms with Gasteiger partial charge in [0.15, 0.2) is 5.96 Å². The summed E-state index contributed by atoms with van der Waals surface area (Å²) in [7, 11) is 0. The minimum atomic E-state index is 0.187. The van der Waals surface area contributed by atoms with Crippen LogP contribution < -0.4 is 11.5 Å². The quantitative estimate of drug-likeness (QED) is 0.381. The third kappa shape index (κ3) is 2.23. The Balaban J connectivity index is 2.33. The summed E-state index contributed by atoms with van der Waals surface area (Å²) in [6.07, 6.45) is 1.88. The summed E-state index contributed by atoms with van der Waals surface area (Å²) in [5, 5.41) is 0. The maximum absolute atomic E-state index is 5.21. The summed E-state index contributed by atoms with van der Waals surface area (Å²) in [5.74, 6) is 0.187. The predicted octanol–water partition coefficient (Wildman–Crippen LogP) is -0.561. The van der Waals surface area contributed by atoms with Crippen molar-refractivity contribution >= 4 is 5.96 Å². The highest BCUT2D eigenvalue weighted by Gasteiger charge is 2.11. The van der Waals surface area contributed by atoms with Crippen LogP contribution in [-0.2, 0) is 4.74 Å². The van der Waals surface area contributed by atoms with Gasteiger partial charge in [-0.25, -0.2) is 0 Å². The summed E-state index contributed by atoms with van der Waals surface area (Å²) in [6.45, 7) is 1.56. The zero-order valence-corrected chi connectivity index (χ0v) is 5.92. The van der Waals surface area contributed by atoms with Crippen molar-refractivity contribution in [3.8, 4) is 0 Å². The topological polar surface area (TPSA) is 73.6 Å². The maximum Gasteiger partial charge on any atom is 0.186 e. The number of nitrogens with zero attached hydrogens (tertiary/aromatic N) is 1. The van der Waals surface area contributed by atoms with Crippen LogP contribution in [-0.4, -0.2) is 25.2 Å². The highest BCUT2D eigenvalue weighted by molar-refractivity contribution is 5.75. The van der Waals surface area contributed by atoms with Gasteiger partial charge in [0.05, 0.1) is 6.04 Å². The van der Waals surface area contributed by atoms with E-state index in [0.29, 0.717) is 6.04 Å². The van der Waals surface area contributed by atoms with Crippen LogP contribution in [0.4, 0.5) is 0 Å². The van der Waals surface area contributed by atoms with Gasteiger partial charge >= 0.3 is 0 Å². The van der Waals surface area contributed by atoms with Crippen molar-refractivity contribution in [2.24, 2.45) is 16.5 Å². The summed E-state index contributed by atoms with van der Waals surface area (Å²) in [4.78, 5) is 4.03. The van der Waals surface area contributed by atoms with Gasteiger partial charge in [-0.3, -0.25) is 4.99 Å². The largest absolute Gasteiger partial charge is 0.381 e. The lowest BCUT2D eigenvalue weighted by Crippen LogP contribution is -2.28. The first-order valence-electron chi connectivity index (χ1n) is 3.45. The van der Waals surface area contributed by atoms with Crippen molar-refractivity contribution in [3.05, 3.63) is 0 Å². The van der Waals surface area contributed by atoms with E-state index in [-0.39, 0.29) is 5.96 Å². The van der Waals surface area contributed by atoms with E-state index in [1.165, 1.54) is 0 Å². The molecule has 0 unspecified atom stereocenters. The Morgan fingerprint density at radius 2 is 1.90 bits per heavy atom. The Labute approximate surface area is 60.2 Å². The molecule has 0 aromatic rings. The van der Waals surface area contributed by atoms with Gasteiger partial charge in [0.2, 0.25) is 0 Å². The van der Waals surface area contributed by atoms with Gasteiger partial charge in [-0.15, -0.1) is 0 Å². The first-order valence-corrected chi connectivity index (χ1v) is 3.45. The third-order valence-corrected chi connectivity index (χ3v) is 1.52. The van der Waals surface area contributed by atoms with Gasteiger partial charge in [-0.05, 0) is 12.8 Å². The van der Waals surface area contributed by atoms with E-state index < -0.39 is 0 Å². The van der Waals surface area contributed by atoms with Crippen LogP contribution in [0.3, 0.4) is 0 Å². The molecule has 4 N–H and O–H groups in total. The van der Waals surface area contributed by atoms with Crippen LogP contribution in [0.5, 0.6) is 0 Å². The average Bonchev–Trinajstić information content (AvgIpc) is 1.88. The van der Waals surface area contributed by atoms with Crippen LogP contribution in [0.25, 0.3) is 0 Å². The molecule has 1 heterocycles. The van der Waals surface area contributed by atoms with Gasteiger partial charge < -0.3 is 16.2 Å². The van der Waals surface area contributed by atoms with Gasteiger partial charge in [0, 0.05) is 13.2 Å². The number of hydrogen-bond acceptors (Lipinski definition) is 2. The highest BCUT2D eigenvalue weighted by Crippen LogP contribution is 2.09. The molecule has 0 atom stereocenters. The molecule has 0 aromatic heterocycles. The van der Waals surface area contributed by atoms with Gasteiger partial charge in [0.1, 0.15) is 0 Å². The number of hydrogen-bond donors (Lipinski definition) is 2. The fourth-order valence-electron chi connectivity index (χ4n) is 1.03. The van der Waals surface area contributed by atoms with E-state index in [4.69, 9.17) is 16.2 Å². The molecule has 0 saturated carbocycles. The van der Waals surface area contributed by atoms with Crippen LogP contribution >= 0.6 is 0 Å². The lowest BCUT2D eigenvalue weighted by atomic mass is 10.1. The van der Waals surface area contributed by atoms with E-state index in [0.717, 1.165) is 26.1 Å². The van der Waals surface area contributed by atoms with E-state index >= 15 is 0 Å². The molecular formula is C6H13N3O. The minimum Gasteiger partial charge on any atom is -0.381 e. The van der Waals surface area contributed by atoms with Crippen LogP contribution in [0.1, 0.15) is 12.8 Å². The molecule has 1 saturated heterocycles. The Bertz CT molecular complexity index is 125. The van der Waals surface area contributed by atoms with E-state index in [1.54, 1.807) is 0 Å². The molecule has 10 heavy (non-hydrogen) atoms. The van der Waals surface area contributed by atoms with Gasteiger partial charge in [-0.1, -0.05) is 0 Å². The van der Waals surface area contributed by atoms with Gasteiger partial charge in [-0.2, -0.15) is 0 Å². The molecule has 4 nitrogen and oxygen atoms in total. The molecule has 0 radical (unpaired) electrons. The Kier molecular flexibility index (Phi) is 2.50. The van der Waals surface area contributed by atoms with Crippen LogP contribution in [0.15, 0.2) is 4.99 Å². The normalized spacial score (nSPS) is 20.4. The maximum atomic E-state index is 5.21. The fourth-order valence-corrected chi connectivity index (χ4v) is 1.03. The number of guanidine groups is 1. The predicted molar refractivity (Wildman–Crippen MR) is 39.7 cm³/mol. The molecule has 0 bridgehead atoms. The summed E-state index contributed by atoms with van der Waals surface area (Å²) >= 11 is 0. The summed E-state index contributed by atoms with van der Waals surface area (Å²) in [6, 6.07) is 0.291. The Hall–Kier alpha value is -0.770. The zero-order valence-electron chi connectivity index (χ0n) is 5.92. The lowest BCUT2D eigenvalue weighted by molar-refractivity contribution is 0.0871. The molecule has 1 aliphatic heterocycles. The van der Waals surface area contributed by atoms with Crippen molar-refractivity contribution < 1.29 is 4.74 Å². The van der Waals surface area contributed by atoms with Crippen LogP contribution in [0.2, 0.25) is 0 Å². The van der Waals surface area contributed by atoms with Crippen molar-refractivity contribution in [1.82, 2.24) is 0 Å². The fraction of sp³-hybridized carbons (Fsp3) is 0.833. The van der Waals surface area contributed by atoms with Crippen molar-refractivity contribution in [2.75, 3.05) is 13.2 Å². The average molecular weight is 143 g/mol. The number of aliphatic imine (C=N–C) groups is 1. The van der Waals surface area contributed by atoms with Gasteiger partial charge in [0.25, 0.3) is 0 Å². The lowest BCUT2D eigenvalue weighted by Gasteiger charge is -2.17. The Morgan fingerprint density at radius 3 is 2.40 bits per heavy atom. The molecule has 0 aromatic carbocycles. The first-order chi connectivity index (χ1) is 4.79. The van der Waals surface area contributed by atoms with Crippen molar-refractivity contribution in [1.29, 1.82) is 0 Å². The highest BCUT2D eigenvalue weighted by atomic mass is 16.5. The molecule has 1 rings (SSSR count). The molecular weight excluding hydrogens is 130 g/mol. The molecule has 0 amide bonds. The number of rotatable bonds is 1. The van der Waals surface area contributed by atoms with E-state index in [2.05, 4.69) is 4.99 Å². The summed E-state index contributed by atoms with van der Waals surface area (Å²) < 4.78 is 5.13. The second-order valence-electron chi connectivity index (χ2n) is 2.40. The van der Waals surface area contributed by atoms with Crippen LogP contribution in [0, 0.1) is 0 Å². The molecule has 4 heteroatoms. The summed E-state index contributed by atoms with van der Waals surface area (Å²) in [5.41, 5.74) is 10.4. The second kappa shape index (κ2) is 3.41. The second-order valence-corrected chi connectivity index (χ2v) is 2.40. The zero-order chi connectivity index (χ0) is 7.40. The molecule has 0 spiro atoms. The molecule has 58 valence electrons.